The molecule has 1 aliphatic heterocycles. The minimum absolute atomic E-state index is 0.0185. The van der Waals surface area contributed by atoms with Gasteiger partial charge in [0, 0.05) is 12.6 Å². The number of hydrogen-bond donors (Lipinski definition) is 2. The summed E-state index contributed by atoms with van der Waals surface area (Å²) in [5.74, 6) is 1.25. The van der Waals surface area contributed by atoms with Crippen molar-refractivity contribution in [1.29, 1.82) is 0 Å². The van der Waals surface area contributed by atoms with Gasteiger partial charge in [-0.15, -0.1) is 11.8 Å². The summed E-state index contributed by atoms with van der Waals surface area (Å²) >= 11 is 1.77. The van der Waals surface area contributed by atoms with Crippen LogP contribution in [0.5, 0.6) is 0 Å². The highest BCUT2D eigenvalue weighted by Crippen LogP contribution is 2.27. The van der Waals surface area contributed by atoms with Gasteiger partial charge in [0.25, 0.3) is 0 Å². The second-order valence-corrected chi connectivity index (χ2v) is 6.09. The first-order valence-electron chi connectivity index (χ1n) is 6.51. The molecule has 2 fully saturated rings. The van der Waals surface area contributed by atoms with E-state index in [0.29, 0.717) is 6.61 Å². The third kappa shape index (κ3) is 3.14. The van der Waals surface area contributed by atoms with Gasteiger partial charge >= 0.3 is 0 Å². The first kappa shape index (κ1) is 13.2. The zero-order chi connectivity index (χ0) is 12.3. The molecule has 1 saturated carbocycles. The monoisotopic (exact) mass is 258 g/mol. The molecular formula is C12H22N2O2S. The zero-order valence-electron chi connectivity index (χ0n) is 10.4. The summed E-state index contributed by atoms with van der Waals surface area (Å²) < 4.78 is 5.55. The van der Waals surface area contributed by atoms with Gasteiger partial charge < -0.3 is 15.8 Å². The SMILES string of the molecule is CCOC1CC(N)C1NC(=O)C1CCCCS1. The van der Waals surface area contributed by atoms with Gasteiger partial charge in [0.15, 0.2) is 0 Å². The van der Waals surface area contributed by atoms with E-state index in [1.54, 1.807) is 11.8 Å². The molecule has 0 spiro atoms. The van der Waals surface area contributed by atoms with Crippen molar-refractivity contribution < 1.29 is 9.53 Å². The molecule has 17 heavy (non-hydrogen) atoms. The van der Waals surface area contributed by atoms with Gasteiger partial charge in [-0.1, -0.05) is 6.42 Å². The molecule has 0 aromatic carbocycles. The molecule has 3 N–H and O–H groups in total. The molecule has 1 aliphatic carbocycles. The summed E-state index contributed by atoms with van der Waals surface area (Å²) in [5, 5.41) is 3.18. The number of thioether (sulfide) groups is 1. The molecule has 0 radical (unpaired) electrons. The van der Waals surface area contributed by atoms with Crippen molar-refractivity contribution in [2.24, 2.45) is 5.73 Å². The number of carbonyl (C=O) groups excluding carboxylic acids is 1. The predicted molar refractivity (Wildman–Crippen MR) is 70.0 cm³/mol. The highest BCUT2D eigenvalue weighted by Gasteiger charge is 2.41. The average molecular weight is 258 g/mol. The van der Waals surface area contributed by atoms with E-state index in [2.05, 4.69) is 5.32 Å². The zero-order valence-corrected chi connectivity index (χ0v) is 11.2. The topological polar surface area (TPSA) is 64.3 Å². The molecule has 2 aliphatic rings. The Morgan fingerprint density at radius 1 is 1.53 bits per heavy atom. The van der Waals surface area contributed by atoms with Gasteiger partial charge in [-0.25, -0.2) is 0 Å². The summed E-state index contributed by atoms with van der Waals surface area (Å²) in [6.07, 6.45) is 4.37. The Labute approximate surface area is 107 Å². The van der Waals surface area contributed by atoms with Crippen LogP contribution in [0.2, 0.25) is 0 Å². The largest absolute Gasteiger partial charge is 0.376 e. The van der Waals surface area contributed by atoms with Gasteiger partial charge in [-0.05, 0) is 31.9 Å². The van der Waals surface area contributed by atoms with Crippen molar-refractivity contribution in [3.63, 3.8) is 0 Å². The lowest BCUT2D eigenvalue weighted by Crippen LogP contribution is -2.65. The highest BCUT2D eigenvalue weighted by molar-refractivity contribution is 8.00. The van der Waals surface area contributed by atoms with Gasteiger partial charge in [0.1, 0.15) is 0 Å². The molecule has 98 valence electrons. The van der Waals surface area contributed by atoms with Crippen LogP contribution in [0.25, 0.3) is 0 Å². The fourth-order valence-corrected chi connectivity index (χ4v) is 3.64. The Hall–Kier alpha value is -0.260. The molecule has 5 heteroatoms. The second-order valence-electron chi connectivity index (χ2n) is 4.78. The van der Waals surface area contributed by atoms with Gasteiger partial charge in [-0.3, -0.25) is 4.79 Å². The smallest absolute Gasteiger partial charge is 0.233 e. The molecule has 1 saturated heterocycles. The maximum Gasteiger partial charge on any atom is 0.233 e. The summed E-state index contributed by atoms with van der Waals surface area (Å²) in [6.45, 7) is 2.65. The number of rotatable bonds is 4. The Morgan fingerprint density at radius 3 is 2.94 bits per heavy atom. The first-order chi connectivity index (χ1) is 8.22. The molecular weight excluding hydrogens is 236 g/mol. The summed E-state index contributed by atoms with van der Waals surface area (Å²) in [4.78, 5) is 12.1. The van der Waals surface area contributed by atoms with Crippen LogP contribution in [-0.2, 0) is 9.53 Å². The third-order valence-corrected chi connectivity index (χ3v) is 4.90. The molecule has 1 heterocycles. The maximum absolute atomic E-state index is 12.1. The second kappa shape index (κ2) is 6.07. The first-order valence-corrected chi connectivity index (χ1v) is 7.56. The van der Waals surface area contributed by atoms with Crippen LogP contribution >= 0.6 is 11.8 Å². The third-order valence-electron chi connectivity index (χ3n) is 3.53. The highest BCUT2D eigenvalue weighted by atomic mass is 32.2. The fourth-order valence-electron chi connectivity index (χ4n) is 2.43. The van der Waals surface area contributed by atoms with Crippen LogP contribution in [0.3, 0.4) is 0 Å². The van der Waals surface area contributed by atoms with Crippen LogP contribution < -0.4 is 11.1 Å². The van der Waals surface area contributed by atoms with Crippen molar-refractivity contribution in [1.82, 2.24) is 5.32 Å². The van der Waals surface area contributed by atoms with Crippen LogP contribution in [0.1, 0.15) is 32.6 Å². The van der Waals surface area contributed by atoms with Crippen molar-refractivity contribution in [3.05, 3.63) is 0 Å². The standard InChI is InChI=1S/C12H22N2O2S/c1-2-16-9-7-8(13)11(9)14-12(15)10-5-3-4-6-17-10/h8-11H,2-7,13H2,1H3,(H,14,15). The summed E-state index contributed by atoms with van der Waals surface area (Å²) in [5.41, 5.74) is 5.92. The fraction of sp³-hybridized carbons (Fsp3) is 0.917. The molecule has 2 rings (SSSR count). The van der Waals surface area contributed by atoms with Crippen molar-refractivity contribution in [2.75, 3.05) is 12.4 Å². The van der Waals surface area contributed by atoms with Crippen molar-refractivity contribution in [3.8, 4) is 0 Å². The van der Waals surface area contributed by atoms with E-state index in [1.165, 1.54) is 6.42 Å². The normalized spacial score (nSPS) is 37.3. The van der Waals surface area contributed by atoms with Gasteiger partial charge in [0.2, 0.25) is 5.91 Å². The molecule has 0 bridgehead atoms. The Morgan fingerprint density at radius 2 is 2.35 bits per heavy atom. The summed E-state index contributed by atoms with van der Waals surface area (Å²) in [6, 6.07) is 0.0778. The van der Waals surface area contributed by atoms with Gasteiger partial charge in [-0.2, -0.15) is 0 Å². The number of nitrogens with two attached hydrogens (primary N) is 1. The lowest BCUT2D eigenvalue weighted by atomic mass is 9.83. The van der Waals surface area contributed by atoms with Crippen LogP contribution in [0, 0.1) is 0 Å². The molecule has 4 atom stereocenters. The van der Waals surface area contributed by atoms with E-state index in [4.69, 9.17) is 10.5 Å². The summed E-state index contributed by atoms with van der Waals surface area (Å²) in [7, 11) is 0. The minimum atomic E-state index is 0.0185. The minimum Gasteiger partial charge on any atom is -0.376 e. The number of nitrogens with one attached hydrogen (secondary N) is 1. The molecule has 4 unspecified atom stereocenters. The van der Waals surface area contributed by atoms with Crippen molar-refractivity contribution in [2.45, 2.75) is 56.0 Å². The van der Waals surface area contributed by atoms with Gasteiger partial charge in [0.05, 0.1) is 17.4 Å². The molecule has 1 amide bonds. The number of ether oxygens (including phenoxy) is 1. The van der Waals surface area contributed by atoms with E-state index in [-0.39, 0.29) is 29.3 Å². The lowest BCUT2D eigenvalue weighted by Gasteiger charge is -2.43. The Bertz CT molecular complexity index is 267. The Kier molecular flexibility index (Phi) is 4.70. The molecule has 0 aromatic heterocycles. The van der Waals surface area contributed by atoms with Crippen LogP contribution in [-0.4, -0.2) is 41.7 Å². The van der Waals surface area contributed by atoms with E-state index >= 15 is 0 Å². The Balaban J connectivity index is 1.80. The molecule has 0 aromatic rings. The van der Waals surface area contributed by atoms with E-state index in [1.807, 2.05) is 6.92 Å². The van der Waals surface area contributed by atoms with E-state index < -0.39 is 0 Å². The predicted octanol–water partition coefficient (Wildman–Crippen LogP) is 0.893. The van der Waals surface area contributed by atoms with Crippen LogP contribution in [0.15, 0.2) is 0 Å². The molecule has 4 nitrogen and oxygen atoms in total. The number of hydrogen-bond acceptors (Lipinski definition) is 4. The average Bonchev–Trinajstić information content (AvgIpc) is 2.36. The number of amides is 1. The maximum atomic E-state index is 12.1. The number of carbonyl (C=O) groups is 1. The van der Waals surface area contributed by atoms with E-state index in [9.17, 15) is 4.79 Å². The van der Waals surface area contributed by atoms with Crippen LogP contribution in [0.4, 0.5) is 0 Å². The van der Waals surface area contributed by atoms with Crippen molar-refractivity contribution >= 4 is 17.7 Å². The van der Waals surface area contributed by atoms with E-state index in [0.717, 1.165) is 25.0 Å². The lowest BCUT2D eigenvalue weighted by molar-refractivity contribution is -0.125. The quantitative estimate of drug-likeness (QED) is 0.786.